The molecule has 0 atom stereocenters. The van der Waals surface area contributed by atoms with Gasteiger partial charge in [0.2, 0.25) is 0 Å². The van der Waals surface area contributed by atoms with E-state index in [1.807, 2.05) is 0 Å². The summed E-state index contributed by atoms with van der Waals surface area (Å²) in [5.74, 6) is -2.02. The zero-order chi connectivity index (χ0) is 15.4. The number of rotatable bonds is 4. The lowest BCUT2D eigenvalue weighted by molar-refractivity contribution is -0.0498. The quantitative estimate of drug-likeness (QED) is 0.850. The van der Waals surface area contributed by atoms with Crippen LogP contribution in [0.2, 0.25) is 0 Å². The van der Waals surface area contributed by atoms with Gasteiger partial charge in [-0.05, 0) is 36.4 Å². The van der Waals surface area contributed by atoms with E-state index in [2.05, 4.69) is 10.1 Å². The molecule has 2 N–H and O–H groups in total. The number of aromatic hydroxyl groups is 1. The van der Waals surface area contributed by atoms with Gasteiger partial charge in [-0.1, -0.05) is 0 Å². The monoisotopic (exact) mass is 297 g/mol. The molecule has 2 aromatic carbocycles. The fourth-order valence-corrected chi connectivity index (χ4v) is 1.58. The van der Waals surface area contributed by atoms with Crippen molar-refractivity contribution in [1.29, 1.82) is 0 Å². The minimum atomic E-state index is -2.94. The van der Waals surface area contributed by atoms with E-state index in [4.69, 9.17) is 5.11 Å². The summed E-state index contributed by atoms with van der Waals surface area (Å²) in [7, 11) is 0. The summed E-state index contributed by atoms with van der Waals surface area (Å²) in [6.07, 6.45) is 0. The van der Waals surface area contributed by atoms with Crippen LogP contribution in [-0.2, 0) is 0 Å². The molecule has 0 aromatic heterocycles. The molecule has 110 valence electrons. The molecule has 0 heterocycles. The lowest BCUT2D eigenvalue weighted by Crippen LogP contribution is -2.12. The predicted octanol–water partition coefficient (Wildman–Crippen LogP) is 3.39. The molecule has 2 aromatic rings. The van der Waals surface area contributed by atoms with Gasteiger partial charge in [-0.25, -0.2) is 4.39 Å². The molecule has 0 aliphatic rings. The van der Waals surface area contributed by atoms with Gasteiger partial charge >= 0.3 is 6.61 Å². The average molecular weight is 297 g/mol. The molecule has 0 saturated carbocycles. The number of phenols is 1. The van der Waals surface area contributed by atoms with Crippen molar-refractivity contribution < 1.29 is 27.8 Å². The van der Waals surface area contributed by atoms with Gasteiger partial charge < -0.3 is 15.2 Å². The third-order valence-corrected chi connectivity index (χ3v) is 2.55. The van der Waals surface area contributed by atoms with Crippen LogP contribution in [0.3, 0.4) is 0 Å². The molecule has 0 unspecified atom stereocenters. The summed E-state index contributed by atoms with van der Waals surface area (Å²) in [4.78, 5) is 11.9. The predicted molar refractivity (Wildman–Crippen MR) is 69.1 cm³/mol. The van der Waals surface area contributed by atoms with E-state index in [1.54, 1.807) is 0 Å². The van der Waals surface area contributed by atoms with Crippen molar-refractivity contribution in [3.63, 3.8) is 0 Å². The Bertz CT molecular complexity index is 644. The van der Waals surface area contributed by atoms with E-state index >= 15 is 0 Å². The number of halogens is 3. The van der Waals surface area contributed by atoms with Gasteiger partial charge in [-0.15, -0.1) is 0 Å². The summed E-state index contributed by atoms with van der Waals surface area (Å²) < 4.78 is 41.2. The van der Waals surface area contributed by atoms with Crippen LogP contribution in [0.5, 0.6) is 11.5 Å². The maximum atomic E-state index is 13.1. The smallest absolute Gasteiger partial charge is 0.387 e. The zero-order valence-corrected chi connectivity index (χ0v) is 10.5. The standard InChI is InChI=1S/C14H10F3NO3/c15-11-7-9(3-6-12(11)19)18-13(20)8-1-4-10(5-2-8)21-14(16)17/h1-7,14,19H,(H,18,20). The van der Waals surface area contributed by atoms with Crippen LogP contribution in [0.4, 0.5) is 18.9 Å². The SMILES string of the molecule is O=C(Nc1ccc(O)c(F)c1)c1ccc(OC(F)F)cc1. The normalized spacial score (nSPS) is 10.5. The molecule has 21 heavy (non-hydrogen) atoms. The Labute approximate surface area is 117 Å². The molecular weight excluding hydrogens is 287 g/mol. The summed E-state index contributed by atoms with van der Waals surface area (Å²) in [5, 5.41) is 11.4. The number of benzene rings is 2. The average Bonchev–Trinajstić information content (AvgIpc) is 2.43. The zero-order valence-electron chi connectivity index (χ0n) is 10.5. The highest BCUT2D eigenvalue weighted by Gasteiger charge is 2.09. The Morgan fingerprint density at radius 2 is 1.81 bits per heavy atom. The maximum Gasteiger partial charge on any atom is 0.387 e. The molecule has 0 radical (unpaired) electrons. The third kappa shape index (κ3) is 3.88. The molecule has 0 bridgehead atoms. The first-order valence-corrected chi connectivity index (χ1v) is 5.80. The van der Waals surface area contributed by atoms with E-state index in [0.29, 0.717) is 0 Å². The van der Waals surface area contributed by atoms with Gasteiger partial charge in [-0.3, -0.25) is 4.79 Å². The number of carbonyl (C=O) groups excluding carboxylic acids is 1. The Kier molecular flexibility index (Phi) is 4.32. The number of alkyl halides is 2. The molecule has 1 amide bonds. The van der Waals surface area contributed by atoms with Crippen molar-refractivity contribution in [3.05, 3.63) is 53.8 Å². The van der Waals surface area contributed by atoms with Crippen LogP contribution in [0, 0.1) is 5.82 Å². The Morgan fingerprint density at radius 3 is 2.38 bits per heavy atom. The number of nitrogens with one attached hydrogen (secondary N) is 1. The van der Waals surface area contributed by atoms with E-state index in [-0.39, 0.29) is 17.0 Å². The van der Waals surface area contributed by atoms with Crippen molar-refractivity contribution >= 4 is 11.6 Å². The Balaban J connectivity index is 2.07. The molecule has 0 aliphatic heterocycles. The molecule has 7 heteroatoms. The summed E-state index contributed by atoms with van der Waals surface area (Å²) in [5.41, 5.74) is 0.341. The van der Waals surface area contributed by atoms with Crippen molar-refractivity contribution in [3.8, 4) is 11.5 Å². The molecule has 0 fully saturated rings. The van der Waals surface area contributed by atoms with Gasteiger partial charge in [0.15, 0.2) is 11.6 Å². The number of hydrogen-bond donors (Lipinski definition) is 2. The van der Waals surface area contributed by atoms with Crippen LogP contribution in [0.25, 0.3) is 0 Å². The van der Waals surface area contributed by atoms with Crippen LogP contribution in [0.15, 0.2) is 42.5 Å². The van der Waals surface area contributed by atoms with Crippen LogP contribution >= 0.6 is 0 Å². The first-order valence-electron chi connectivity index (χ1n) is 5.80. The second-order valence-corrected chi connectivity index (χ2v) is 4.02. The molecule has 0 aliphatic carbocycles. The number of amides is 1. The van der Waals surface area contributed by atoms with Crippen molar-refractivity contribution in [2.24, 2.45) is 0 Å². The van der Waals surface area contributed by atoms with Gasteiger partial charge in [0, 0.05) is 17.3 Å². The molecule has 4 nitrogen and oxygen atoms in total. The maximum absolute atomic E-state index is 13.1. The number of carbonyl (C=O) groups is 1. The highest BCUT2D eigenvalue weighted by molar-refractivity contribution is 6.04. The summed E-state index contributed by atoms with van der Waals surface area (Å²) in [6.45, 7) is -2.94. The largest absolute Gasteiger partial charge is 0.505 e. The van der Waals surface area contributed by atoms with Crippen LogP contribution < -0.4 is 10.1 Å². The first-order chi connectivity index (χ1) is 9.95. The molecular formula is C14H10F3NO3. The lowest BCUT2D eigenvalue weighted by atomic mass is 10.2. The van der Waals surface area contributed by atoms with E-state index < -0.39 is 24.1 Å². The minimum Gasteiger partial charge on any atom is -0.505 e. The van der Waals surface area contributed by atoms with Crippen LogP contribution in [-0.4, -0.2) is 17.6 Å². The highest BCUT2D eigenvalue weighted by Crippen LogP contribution is 2.20. The minimum absolute atomic E-state index is 0.0720. The second-order valence-electron chi connectivity index (χ2n) is 4.02. The highest BCUT2D eigenvalue weighted by atomic mass is 19.3. The summed E-state index contributed by atoms with van der Waals surface area (Å²) >= 11 is 0. The van der Waals surface area contributed by atoms with Crippen molar-refractivity contribution in [2.45, 2.75) is 6.61 Å². The van der Waals surface area contributed by atoms with Gasteiger partial charge in [0.1, 0.15) is 5.75 Å². The second kappa shape index (κ2) is 6.17. The van der Waals surface area contributed by atoms with E-state index in [0.717, 1.165) is 12.1 Å². The van der Waals surface area contributed by atoms with Crippen molar-refractivity contribution in [1.82, 2.24) is 0 Å². The van der Waals surface area contributed by atoms with Crippen LogP contribution in [0.1, 0.15) is 10.4 Å². The molecule has 0 spiro atoms. The Hall–Kier alpha value is -2.70. The molecule has 0 saturated heterocycles. The van der Waals surface area contributed by atoms with E-state index in [1.165, 1.54) is 30.3 Å². The van der Waals surface area contributed by atoms with Crippen molar-refractivity contribution in [2.75, 3.05) is 5.32 Å². The van der Waals surface area contributed by atoms with Gasteiger partial charge in [0.25, 0.3) is 5.91 Å². The number of anilines is 1. The lowest BCUT2D eigenvalue weighted by Gasteiger charge is -2.07. The molecule has 2 rings (SSSR count). The number of ether oxygens (including phenoxy) is 1. The fraction of sp³-hybridized carbons (Fsp3) is 0.0714. The first kappa shape index (κ1) is 14.7. The van der Waals surface area contributed by atoms with Gasteiger partial charge in [0.05, 0.1) is 0 Å². The number of hydrogen-bond acceptors (Lipinski definition) is 3. The topological polar surface area (TPSA) is 58.6 Å². The fourth-order valence-electron chi connectivity index (χ4n) is 1.58. The third-order valence-electron chi connectivity index (χ3n) is 2.55. The van der Waals surface area contributed by atoms with E-state index in [9.17, 15) is 18.0 Å². The van der Waals surface area contributed by atoms with Gasteiger partial charge in [-0.2, -0.15) is 8.78 Å². The Morgan fingerprint density at radius 1 is 1.14 bits per heavy atom. The summed E-state index contributed by atoms with van der Waals surface area (Å²) in [6, 6.07) is 8.42. The number of phenolic OH excluding ortho intramolecular Hbond substituents is 1.